The van der Waals surface area contributed by atoms with Gasteiger partial charge in [0.25, 0.3) is 5.91 Å². The van der Waals surface area contributed by atoms with Crippen LogP contribution in [0.5, 0.6) is 5.75 Å². The predicted molar refractivity (Wildman–Crippen MR) is 144 cm³/mol. The number of nitrogens with zero attached hydrogens (tertiary/aromatic N) is 3. The van der Waals surface area contributed by atoms with Crippen LogP contribution in [0.3, 0.4) is 0 Å². The molecule has 7 nitrogen and oxygen atoms in total. The van der Waals surface area contributed by atoms with Crippen LogP contribution in [0.25, 0.3) is 10.2 Å². The van der Waals surface area contributed by atoms with Crippen molar-refractivity contribution < 1.29 is 14.3 Å². The van der Waals surface area contributed by atoms with Crippen LogP contribution in [0.2, 0.25) is 0 Å². The van der Waals surface area contributed by atoms with E-state index in [1.807, 2.05) is 54.3 Å². The third kappa shape index (κ3) is 4.56. The number of piperazine rings is 1. The van der Waals surface area contributed by atoms with E-state index in [2.05, 4.69) is 40.4 Å². The molecule has 1 fully saturated rings. The van der Waals surface area contributed by atoms with Gasteiger partial charge >= 0.3 is 6.03 Å². The maximum absolute atomic E-state index is 13.7. The molecule has 3 amide bonds. The zero-order valence-corrected chi connectivity index (χ0v) is 21.5. The number of hydrogen-bond donors (Lipinski definition) is 1. The first kappa shape index (κ1) is 23.9. The summed E-state index contributed by atoms with van der Waals surface area (Å²) >= 11 is 1.65. The van der Waals surface area contributed by atoms with E-state index in [-0.39, 0.29) is 18.0 Å². The molecule has 0 aliphatic carbocycles. The van der Waals surface area contributed by atoms with Gasteiger partial charge in [0.1, 0.15) is 16.3 Å². The number of carbonyl (C=O) groups excluding carboxylic acids is 2. The van der Waals surface area contributed by atoms with E-state index in [9.17, 15) is 9.59 Å². The van der Waals surface area contributed by atoms with Crippen molar-refractivity contribution in [2.75, 3.05) is 32.1 Å². The Hall–Kier alpha value is -3.78. The predicted octanol–water partition coefficient (Wildman–Crippen LogP) is 5.45. The normalized spacial score (nSPS) is 15.8. The Morgan fingerprint density at radius 2 is 1.86 bits per heavy atom. The Morgan fingerprint density at radius 1 is 1.08 bits per heavy atom. The van der Waals surface area contributed by atoms with Gasteiger partial charge in [-0.25, -0.2) is 4.79 Å². The van der Waals surface area contributed by atoms with E-state index in [1.54, 1.807) is 23.3 Å². The van der Waals surface area contributed by atoms with Crippen molar-refractivity contribution in [3.63, 3.8) is 0 Å². The molecule has 0 saturated carbocycles. The van der Waals surface area contributed by atoms with Crippen LogP contribution < -0.4 is 10.1 Å². The van der Waals surface area contributed by atoms with Gasteiger partial charge in [0.15, 0.2) is 0 Å². The van der Waals surface area contributed by atoms with Crippen molar-refractivity contribution in [1.82, 2.24) is 14.4 Å². The molecule has 2 aromatic heterocycles. The number of anilines is 1. The van der Waals surface area contributed by atoms with Gasteiger partial charge in [-0.3, -0.25) is 4.79 Å². The number of ether oxygens (including phenoxy) is 1. The van der Waals surface area contributed by atoms with Crippen molar-refractivity contribution in [1.29, 1.82) is 0 Å². The molecule has 1 unspecified atom stereocenters. The molecule has 186 valence electrons. The molecule has 0 spiro atoms. The number of aromatic nitrogens is 1. The third-order valence-corrected chi connectivity index (χ3v) is 7.79. The first-order chi connectivity index (χ1) is 17.5. The fourth-order valence-electron chi connectivity index (χ4n) is 4.81. The summed E-state index contributed by atoms with van der Waals surface area (Å²) in [5.41, 5.74) is 3.73. The summed E-state index contributed by atoms with van der Waals surface area (Å²) in [7, 11) is 1.58. The number of nitrogens with one attached hydrogen (secondary N) is 1. The second-order valence-corrected chi connectivity index (χ2v) is 10.0. The Labute approximate surface area is 214 Å². The number of methoxy groups -OCH3 is 1. The lowest BCUT2D eigenvalue weighted by Crippen LogP contribution is -2.56. The molecule has 8 heteroatoms. The molecule has 4 aromatic rings. The fraction of sp³-hybridized carbons (Fsp3) is 0.286. The van der Waals surface area contributed by atoms with Gasteiger partial charge < -0.3 is 24.4 Å². The average molecular weight is 503 g/mol. The lowest BCUT2D eigenvalue weighted by atomic mass is 10.1. The maximum Gasteiger partial charge on any atom is 0.322 e. The Bertz CT molecular complexity index is 1410. The minimum atomic E-state index is -0.192. The van der Waals surface area contributed by atoms with E-state index in [0.29, 0.717) is 43.3 Å². The molecule has 5 rings (SSSR count). The number of urea groups is 1. The van der Waals surface area contributed by atoms with E-state index in [4.69, 9.17) is 4.74 Å². The summed E-state index contributed by atoms with van der Waals surface area (Å²) in [6.07, 6.45) is 0. The van der Waals surface area contributed by atoms with Gasteiger partial charge in [0.05, 0.1) is 12.8 Å². The van der Waals surface area contributed by atoms with E-state index >= 15 is 0 Å². The molecule has 1 aliphatic rings. The zero-order chi connectivity index (χ0) is 25.2. The molecule has 0 radical (unpaired) electrons. The molecule has 1 saturated heterocycles. The van der Waals surface area contributed by atoms with Crippen LogP contribution in [0.1, 0.15) is 28.5 Å². The van der Waals surface area contributed by atoms with Crippen molar-refractivity contribution in [2.45, 2.75) is 26.4 Å². The highest BCUT2D eigenvalue weighted by molar-refractivity contribution is 7.16. The highest BCUT2D eigenvalue weighted by Crippen LogP contribution is 2.29. The summed E-state index contributed by atoms with van der Waals surface area (Å²) < 4.78 is 7.48. The summed E-state index contributed by atoms with van der Waals surface area (Å²) in [5.74, 6) is 0.616. The Morgan fingerprint density at radius 3 is 2.64 bits per heavy atom. The van der Waals surface area contributed by atoms with Crippen LogP contribution in [-0.4, -0.2) is 59.1 Å². The second-order valence-electron chi connectivity index (χ2n) is 9.15. The van der Waals surface area contributed by atoms with Crippen LogP contribution >= 0.6 is 11.3 Å². The SMILES string of the molecule is COc1ccccc1NC(=O)N1CCN(C(=O)c2cc3ccsc3n2Cc2ccccc2C)CC1C. The molecule has 1 aliphatic heterocycles. The number of hydrogen-bond acceptors (Lipinski definition) is 4. The van der Waals surface area contributed by atoms with Gasteiger partial charge in [-0.1, -0.05) is 36.4 Å². The van der Waals surface area contributed by atoms with Crippen LogP contribution in [0.4, 0.5) is 10.5 Å². The van der Waals surface area contributed by atoms with Gasteiger partial charge in [-0.15, -0.1) is 11.3 Å². The average Bonchev–Trinajstić information content (AvgIpc) is 3.47. The number of amides is 3. The molecule has 3 heterocycles. The molecular weight excluding hydrogens is 472 g/mol. The van der Waals surface area contributed by atoms with E-state index in [0.717, 1.165) is 10.2 Å². The fourth-order valence-corrected chi connectivity index (χ4v) is 5.70. The van der Waals surface area contributed by atoms with Crippen molar-refractivity contribution in [3.8, 4) is 5.75 Å². The topological polar surface area (TPSA) is 66.8 Å². The van der Waals surface area contributed by atoms with Crippen molar-refractivity contribution in [3.05, 3.63) is 82.9 Å². The van der Waals surface area contributed by atoms with Crippen LogP contribution in [0.15, 0.2) is 66.0 Å². The van der Waals surface area contributed by atoms with Crippen molar-refractivity contribution >= 4 is 39.2 Å². The molecule has 2 aromatic carbocycles. The lowest BCUT2D eigenvalue weighted by molar-refractivity contribution is 0.0583. The Balaban J connectivity index is 1.32. The van der Waals surface area contributed by atoms with Gasteiger partial charge in [-0.05, 0) is 54.6 Å². The number of fused-ring (bicyclic) bond motifs is 1. The molecule has 1 atom stereocenters. The first-order valence-electron chi connectivity index (χ1n) is 12.1. The van der Waals surface area contributed by atoms with Crippen LogP contribution in [0, 0.1) is 6.92 Å². The Kier molecular flexibility index (Phi) is 6.69. The molecule has 36 heavy (non-hydrogen) atoms. The summed E-state index contributed by atoms with van der Waals surface area (Å²) in [5, 5.41) is 6.10. The smallest absolute Gasteiger partial charge is 0.322 e. The number of rotatable bonds is 5. The van der Waals surface area contributed by atoms with Gasteiger partial charge in [-0.2, -0.15) is 0 Å². The maximum atomic E-state index is 13.7. The monoisotopic (exact) mass is 502 g/mol. The highest BCUT2D eigenvalue weighted by Gasteiger charge is 2.32. The summed E-state index contributed by atoms with van der Waals surface area (Å²) in [6, 6.07) is 19.4. The number of aryl methyl sites for hydroxylation is 1. The zero-order valence-electron chi connectivity index (χ0n) is 20.7. The van der Waals surface area contributed by atoms with Gasteiger partial charge in [0, 0.05) is 37.6 Å². The largest absolute Gasteiger partial charge is 0.495 e. The molecule has 1 N–H and O–H groups in total. The van der Waals surface area contributed by atoms with Crippen molar-refractivity contribution in [2.24, 2.45) is 0 Å². The number of thiophene rings is 1. The first-order valence-corrected chi connectivity index (χ1v) is 13.0. The summed E-state index contributed by atoms with van der Waals surface area (Å²) in [6.45, 7) is 6.14. The highest BCUT2D eigenvalue weighted by atomic mass is 32.1. The van der Waals surface area contributed by atoms with E-state index in [1.165, 1.54) is 11.1 Å². The van der Waals surface area contributed by atoms with Crippen LogP contribution in [-0.2, 0) is 6.54 Å². The number of carbonyl (C=O) groups is 2. The molecule has 0 bridgehead atoms. The van der Waals surface area contributed by atoms with E-state index < -0.39 is 0 Å². The quantitative estimate of drug-likeness (QED) is 0.395. The number of para-hydroxylation sites is 2. The number of benzene rings is 2. The third-order valence-electron chi connectivity index (χ3n) is 6.84. The minimum Gasteiger partial charge on any atom is -0.495 e. The second kappa shape index (κ2) is 10.1. The minimum absolute atomic E-state index is 0.00335. The van der Waals surface area contributed by atoms with Gasteiger partial charge in [0.2, 0.25) is 0 Å². The molecular formula is C28H30N4O3S. The summed E-state index contributed by atoms with van der Waals surface area (Å²) in [4.78, 5) is 31.5. The standard InChI is InChI=1S/C28H30N4O3S/c1-19-8-4-5-9-22(19)18-32-24(16-21-12-15-36-27(21)32)26(33)30-13-14-31(20(2)17-30)28(34)29-23-10-6-7-11-25(23)35-3/h4-12,15-16,20H,13-14,17-18H2,1-3H3,(H,29,34). The lowest BCUT2D eigenvalue weighted by Gasteiger charge is -2.39.